The van der Waals surface area contributed by atoms with Crippen LogP contribution < -0.4 is 5.84 Å². The van der Waals surface area contributed by atoms with Crippen LogP contribution in [-0.4, -0.2) is 32.3 Å². The summed E-state index contributed by atoms with van der Waals surface area (Å²) in [6.07, 6.45) is 4.00. The molecule has 0 spiro atoms. The second-order valence-corrected chi connectivity index (χ2v) is 8.08. The van der Waals surface area contributed by atoms with E-state index in [0.717, 1.165) is 24.1 Å². The molecule has 1 fully saturated rings. The zero-order chi connectivity index (χ0) is 17.9. The average molecular weight is 385 g/mol. The minimum absolute atomic E-state index is 0.146. The van der Waals surface area contributed by atoms with Gasteiger partial charge in [0.15, 0.2) is 5.16 Å². The van der Waals surface area contributed by atoms with Crippen LogP contribution in [-0.2, 0) is 11.3 Å². The smallest absolute Gasteiger partial charge is 0.233 e. The number of thioether (sulfide) groups is 1. The summed E-state index contributed by atoms with van der Waals surface area (Å²) in [7, 11) is 0. The van der Waals surface area contributed by atoms with Crippen molar-refractivity contribution in [1.29, 1.82) is 0 Å². The number of carbonyl (C=O) groups excluding carboxylic acids is 1. The van der Waals surface area contributed by atoms with Crippen LogP contribution in [0.4, 0.5) is 0 Å². The number of benzene rings is 1. The van der Waals surface area contributed by atoms with Gasteiger partial charge in [-0.15, -0.1) is 0 Å². The Kier molecular flexibility index (Phi) is 4.99. The molecule has 5 nitrogen and oxygen atoms in total. The van der Waals surface area contributed by atoms with E-state index in [9.17, 15) is 4.79 Å². The van der Waals surface area contributed by atoms with Crippen molar-refractivity contribution in [2.75, 3.05) is 11.6 Å². The van der Waals surface area contributed by atoms with Crippen molar-refractivity contribution in [2.24, 2.45) is 0 Å². The first-order chi connectivity index (χ1) is 12.7. The summed E-state index contributed by atoms with van der Waals surface area (Å²) in [6, 6.07) is 12.4. The molecule has 0 unspecified atom stereocenters. The molecule has 7 heteroatoms. The van der Waals surface area contributed by atoms with Gasteiger partial charge >= 0.3 is 0 Å². The Morgan fingerprint density at radius 2 is 2.12 bits per heavy atom. The quantitative estimate of drug-likeness (QED) is 0.499. The van der Waals surface area contributed by atoms with E-state index in [1.807, 2.05) is 35.2 Å². The first kappa shape index (κ1) is 17.2. The zero-order valence-corrected chi connectivity index (χ0v) is 15.9. The molecular weight excluding hydrogens is 364 g/mol. The lowest BCUT2D eigenvalue weighted by Crippen LogP contribution is -2.33. The number of nitrogens with zero attached hydrogens (tertiary/aromatic N) is 3. The molecule has 0 radical (unpaired) electrons. The first-order valence-electron chi connectivity index (χ1n) is 8.54. The van der Waals surface area contributed by atoms with Gasteiger partial charge in [-0.05, 0) is 35.2 Å². The maximum atomic E-state index is 12.7. The van der Waals surface area contributed by atoms with Crippen LogP contribution in [0.2, 0.25) is 0 Å². The molecule has 1 aromatic carbocycles. The minimum atomic E-state index is 0.146. The Morgan fingerprint density at radius 1 is 1.31 bits per heavy atom. The van der Waals surface area contributed by atoms with Crippen LogP contribution in [0.1, 0.15) is 18.4 Å². The largest absolute Gasteiger partial charge is 0.337 e. The van der Waals surface area contributed by atoms with E-state index in [4.69, 9.17) is 5.84 Å². The molecule has 2 N–H and O–H groups in total. The normalized spacial score (nSPS) is 13.7. The third-order valence-electron chi connectivity index (χ3n) is 4.33. The average Bonchev–Trinajstić information content (AvgIpc) is 3.23. The highest BCUT2D eigenvalue weighted by molar-refractivity contribution is 7.99. The van der Waals surface area contributed by atoms with E-state index < -0.39 is 0 Å². The van der Waals surface area contributed by atoms with Gasteiger partial charge in [0.1, 0.15) is 0 Å². The van der Waals surface area contributed by atoms with Crippen LogP contribution >= 0.6 is 23.1 Å². The Morgan fingerprint density at radius 3 is 2.81 bits per heavy atom. The zero-order valence-electron chi connectivity index (χ0n) is 14.2. The van der Waals surface area contributed by atoms with Crippen molar-refractivity contribution < 1.29 is 4.79 Å². The van der Waals surface area contributed by atoms with Gasteiger partial charge in [0, 0.05) is 18.2 Å². The number of carbonyl (C=O) groups is 1. The number of nitrogens with two attached hydrogens (primary N) is 1. The predicted octanol–water partition coefficient (Wildman–Crippen LogP) is 3.61. The van der Waals surface area contributed by atoms with E-state index in [1.54, 1.807) is 17.5 Å². The number of thiophene rings is 1. The number of hydrogen-bond donors (Lipinski definition) is 1. The summed E-state index contributed by atoms with van der Waals surface area (Å²) in [6.45, 7) is 0.694. The number of nitrogen functional groups attached to an aromatic ring is 1. The van der Waals surface area contributed by atoms with E-state index in [2.05, 4.69) is 21.8 Å². The molecule has 26 heavy (non-hydrogen) atoms. The SMILES string of the molecule is Nn1cc(-c2ccccc2)nc1SCC(=O)N(Cc1ccsc1)C1CC1. The summed E-state index contributed by atoms with van der Waals surface area (Å²) in [5.74, 6) is 6.53. The third kappa shape index (κ3) is 3.94. The molecule has 1 amide bonds. The highest BCUT2D eigenvalue weighted by Gasteiger charge is 2.32. The highest BCUT2D eigenvalue weighted by Crippen LogP contribution is 2.30. The number of aromatic nitrogens is 2. The third-order valence-corrected chi connectivity index (χ3v) is 6.02. The van der Waals surface area contributed by atoms with Crippen LogP contribution in [0.3, 0.4) is 0 Å². The molecule has 0 saturated heterocycles. The summed E-state index contributed by atoms with van der Waals surface area (Å²) in [4.78, 5) is 19.3. The Balaban J connectivity index is 1.41. The summed E-state index contributed by atoms with van der Waals surface area (Å²) < 4.78 is 1.50. The standard InChI is InChI=1S/C19H20N4OS2/c20-23-11-17(15-4-2-1-3-5-15)21-19(23)26-13-18(24)22(16-6-7-16)10-14-8-9-25-12-14/h1-5,8-9,11-12,16H,6-7,10,13,20H2. The van der Waals surface area contributed by atoms with Crippen molar-refractivity contribution in [3.63, 3.8) is 0 Å². The molecule has 0 aliphatic heterocycles. The number of amides is 1. The Bertz CT molecular complexity index is 872. The molecule has 4 rings (SSSR count). The van der Waals surface area contributed by atoms with Crippen LogP contribution in [0.15, 0.2) is 58.5 Å². The van der Waals surface area contributed by atoms with Gasteiger partial charge in [-0.2, -0.15) is 11.3 Å². The van der Waals surface area contributed by atoms with E-state index in [0.29, 0.717) is 23.5 Å². The minimum Gasteiger partial charge on any atom is -0.337 e. The summed E-state index contributed by atoms with van der Waals surface area (Å²) in [5, 5.41) is 4.81. The molecule has 2 aromatic heterocycles. The second kappa shape index (κ2) is 7.55. The van der Waals surface area contributed by atoms with E-state index >= 15 is 0 Å². The van der Waals surface area contributed by atoms with Gasteiger partial charge < -0.3 is 10.7 Å². The van der Waals surface area contributed by atoms with Gasteiger partial charge in [0.25, 0.3) is 0 Å². The summed E-state index contributed by atoms with van der Waals surface area (Å²) in [5.41, 5.74) is 3.04. The fourth-order valence-corrected chi connectivity index (χ4v) is 4.27. The predicted molar refractivity (Wildman–Crippen MR) is 106 cm³/mol. The highest BCUT2D eigenvalue weighted by atomic mass is 32.2. The molecule has 1 aliphatic rings. The Labute approximate surface area is 160 Å². The first-order valence-corrected chi connectivity index (χ1v) is 10.5. The molecule has 134 valence electrons. The van der Waals surface area contributed by atoms with Gasteiger partial charge in [0.05, 0.1) is 17.6 Å². The molecule has 2 heterocycles. The van der Waals surface area contributed by atoms with Gasteiger partial charge in [0.2, 0.25) is 5.91 Å². The van der Waals surface area contributed by atoms with Gasteiger partial charge in [-0.25, -0.2) is 9.66 Å². The lowest BCUT2D eigenvalue weighted by molar-refractivity contribution is -0.129. The molecule has 1 aliphatic carbocycles. The van der Waals surface area contributed by atoms with Crippen molar-refractivity contribution in [2.45, 2.75) is 30.6 Å². The van der Waals surface area contributed by atoms with Crippen molar-refractivity contribution in [3.05, 3.63) is 58.9 Å². The molecular formula is C19H20N4OS2. The van der Waals surface area contributed by atoms with Crippen molar-refractivity contribution in [1.82, 2.24) is 14.6 Å². The number of hydrogen-bond acceptors (Lipinski definition) is 5. The van der Waals surface area contributed by atoms with E-state index in [1.165, 1.54) is 22.0 Å². The number of rotatable bonds is 7. The molecule has 3 aromatic rings. The van der Waals surface area contributed by atoms with Crippen LogP contribution in [0.25, 0.3) is 11.3 Å². The fourth-order valence-electron chi connectivity index (χ4n) is 2.83. The Hall–Kier alpha value is -2.25. The fraction of sp³-hybridized carbons (Fsp3) is 0.263. The van der Waals surface area contributed by atoms with Crippen LogP contribution in [0, 0.1) is 0 Å². The molecule has 0 atom stereocenters. The number of imidazole rings is 1. The van der Waals surface area contributed by atoms with Crippen molar-refractivity contribution in [3.8, 4) is 11.3 Å². The molecule has 1 saturated carbocycles. The lowest BCUT2D eigenvalue weighted by Gasteiger charge is -2.21. The van der Waals surface area contributed by atoms with E-state index in [-0.39, 0.29) is 5.91 Å². The van der Waals surface area contributed by atoms with Gasteiger partial charge in [-0.1, -0.05) is 42.1 Å². The van der Waals surface area contributed by atoms with Gasteiger partial charge in [-0.3, -0.25) is 4.79 Å². The van der Waals surface area contributed by atoms with Crippen LogP contribution in [0.5, 0.6) is 0 Å². The van der Waals surface area contributed by atoms with Crippen molar-refractivity contribution >= 4 is 29.0 Å². The maximum Gasteiger partial charge on any atom is 0.233 e. The lowest BCUT2D eigenvalue weighted by atomic mass is 10.2. The second-order valence-electron chi connectivity index (χ2n) is 6.36. The summed E-state index contributed by atoms with van der Waals surface area (Å²) >= 11 is 3.06. The maximum absolute atomic E-state index is 12.7. The topological polar surface area (TPSA) is 64.2 Å². The monoisotopic (exact) mass is 384 g/mol. The molecule has 0 bridgehead atoms.